The van der Waals surface area contributed by atoms with Gasteiger partial charge in [-0.05, 0) is 12.1 Å². The van der Waals surface area contributed by atoms with Gasteiger partial charge in [0.1, 0.15) is 11.4 Å². The van der Waals surface area contributed by atoms with Gasteiger partial charge in [-0.15, -0.1) is 0 Å². The number of esters is 1. The molecule has 0 spiro atoms. The largest absolute Gasteiger partial charge is 0.465 e. The summed E-state index contributed by atoms with van der Waals surface area (Å²) in [6, 6.07) is 4.16. The maximum atomic E-state index is 13.5. The summed E-state index contributed by atoms with van der Waals surface area (Å²) in [7, 11) is 2.94. The van der Waals surface area contributed by atoms with E-state index in [4.69, 9.17) is 0 Å². The minimum atomic E-state index is -0.767. The standard InChI is InChI=1S/C11H12FIN4O2/c1-17(13)15-7-6-14-16-9-5-3-4-8(12)10(9)11(18)19-2/h3-7,16H,1-2H3/b14-6+,15-7-. The van der Waals surface area contributed by atoms with Gasteiger partial charge in [0.05, 0.1) is 48.1 Å². The monoisotopic (exact) mass is 378 g/mol. The van der Waals surface area contributed by atoms with Crippen molar-refractivity contribution in [2.45, 2.75) is 0 Å². The van der Waals surface area contributed by atoms with Crippen molar-refractivity contribution in [3.05, 3.63) is 29.6 Å². The molecule has 0 fully saturated rings. The molecule has 6 nitrogen and oxygen atoms in total. The van der Waals surface area contributed by atoms with Gasteiger partial charge in [0.2, 0.25) is 0 Å². The maximum absolute atomic E-state index is 13.5. The topological polar surface area (TPSA) is 66.3 Å². The van der Waals surface area contributed by atoms with E-state index >= 15 is 0 Å². The Labute approximate surface area is 123 Å². The molecule has 0 atom stereocenters. The van der Waals surface area contributed by atoms with Crippen LogP contribution in [-0.4, -0.2) is 35.8 Å². The van der Waals surface area contributed by atoms with Gasteiger partial charge < -0.3 is 4.74 Å². The fraction of sp³-hybridized carbons (Fsp3) is 0.182. The van der Waals surface area contributed by atoms with E-state index in [1.54, 1.807) is 10.3 Å². The lowest BCUT2D eigenvalue weighted by atomic mass is 10.1. The van der Waals surface area contributed by atoms with Gasteiger partial charge in [0.15, 0.2) is 0 Å². The molecular weight excluding hydrogens is 366 g/mol. The molecule has 0 radical (unpaired) electrons. The summed E-state index contributed by atoms with van der Waals surface area (Å²) in [4.78, 5) is 11.4. The van der Waals surface area contributed by atoms with Crippen LogP contribution in [0.2, 0.25) is 0 Å². The van der Waals surface area contributed by atoms with Crippen LogP contribution in [0.25, 0.3) is 0 Å². The number of hydrogen-bond donors (Lipinski definition) is 1. The Morgan fingerprint density at radius 1 is 1.53 bits per heavy atom. The Morgan fingerprint density at radius 3 is 2.89 bits per heavy atom. The van der Waals surface area contributed by atoms with E-state index in [1.165, 1.54) is 37.7 Å². The Kier molecular flexibility index (Phi) is 6.19. The van der Waals surface area contributed by atoms with Gasteiger partial charge in [0, 0.05) is 7.05 Å². The van der Waals surface area contributed by atoms with Crippen LogP contribution in [0, 0.1) is 5.82 Å². The molecular formula is C11H12FIN4O2. The number of hydrogen-bond acceptors (Lipinski definition) is 6. The van der Waals surface area contributed by atoms with E-state index in [-0.39, 0.29) is 11.3 Å². The molecule has 0 aromatic heterocycles. The first-order valence-corrected chi connectivity index (χ1v) is 6.10. The molecule has 0 amide bonds. The molecule has 8 heteroatoms. The van der Waals surface area contributed by atoms with Crippen molar-refractivity contribution in [2.24, 2.45) is 10.2 Å². The first-order chi connectivity index (χ1) is 9.06. The third-order valence-electron chi connectivity index (χ3n) is 1.96. The van der Waals surface area contributed by atoms with Crippen molar-refractivity contribution in [3.8, 4) is 0 Å². The highest BCUT2D eigenvalue weighted by Crippen LogP contribution is 2.19. The predicted octanol–water partition coefficient (Wildman–Crippen LogP) is 2.28. The average Bonchev–Trinajstić information content (AvgIpc) is 2.37. The number of benzene rings is 1. The van der Waals surface area contributed by atoms with Crippen LogP contribution in [0.15, 0.2) is 28.4 Å². The lowest BCUT2D eigenvalue weighted by Crippen LogP contribution is -2.08. The summed E-state index contributed by atoms with van der Waals surface area (Å²) < 4.78 is 19.6. The van der Waals surface area contributed by atoms with E-state index in [2.05, 4.69) is 20.4 Å². The first-order valence-electron chi connectivity index (χ1n) is 5.14. The van der Waals surface area contributed by atoms with E-state index in [0.29, 0.717) is 0 Å². The van der Waals surface area contributed by atoms with Crippen molar-refractivity contribution in [2.75, 3.05) is 19.6 Å². The van der Waals surface area contributed by atoms with Crippen LogP contribution in [0.4, 0.5) is 10.1 Å². The van der Waals surface area contributed by atoms with Crippen LogP contribution in [0.3, 0.4) is 0 Å². The van der Waals surface area contributed by atoms with Crippen LogP contribution in [0.1, 0.15) is 10.4 Å². The fourth-order valence-electron chi connectivity index (χ4n) is 1.19. The molecule has 1 aromatic carbocycles. The summed E-state index contributed by atoms with van der Waals surface area (Å²) in [5.74, 6) is -1.44. The number of anilines is 1. The highest BCUT2D eigenvalue weighted by atomic mass is 127. The smallest absolute Gasteiger partial charge is 0.343 e. The van der Waals surface area contributed by atoms with Crippen LogP contribution < -0.4 is 5.43 Å². The van der Waals surface area contributed by atoms with Gasteiger partial charge in [-0.2, -0.15) is 10.2 Å². The van der Waals surface area contributed by atoms with E-state index < -0.39 is 11.8 Å². The van der Waals surface area contributed by atoms with Crippen molar-refractivity contribution in [3.63, 3.8) is 0 Å². The molecule has 0 saturated carbocycles. The zero-order chi connectivity index (χ0) is 14.3. The van der Waals surface area contributed by atoms with Gasteiger partial charge in [-0.25, -0.2) is 12.4 Å². The fourth-order valence-corrected chi connectivity index (χ4v) is 1.33. The minimum absolute atomic E-state index is 0.190. The SMILES string of the molecule is COC(=O)c1c(F)cccc1N/N=C/C=N\N(C)I. The highest BCUT2D eigenvalue weighted by molar-refractivity contribution is 14.1. The Hall–Kier alpha value is -1.71. The van der Waals surface area contributed by atoms with Gasteiger partial charge in [-0.1, -0.05) is 6.07 Å². The summed E-state index contributed by atoms with van der Waals surface area (Å²) in [6.45, 7) is 0. The Bertz CT molecular complexity index is 505. The van der Waals surface area contributed by atoms with Crippen LogP contribution >= 0.6 is 22.9 Å². The third kappa shape index (κ3) is 4.81. The molecule has 102 valence electrons. The third-order valence-corrected chi connectivity index (χ3v) is 2.20. The van der Waals surface area contributed by atoms with Gasteiger partial charge >= 0.3 is 5.97 Å². The van der Waals surface area contributed by atoms with E-state index in [1.807, 2.05) is 22.9 Å². The molecule has 1 N–H and O–H groups in total. The minimum Gasteiger partial charge on any atom is -0.465 e. The Balaban J connectivity index is 2.84. The predicted molar refractivity (Wildman–Crippen MR) is 80.1 cm³/mol. The van der Waals surface area contributed by atoms with Gasteiger partial charge in [0.25, 0.3) is 0 Å². The number of methoxy groups -OCH3 is 1. The molecule has 0 heterocycles. The maximum Gasteiger partial charge on any atom is 0.343 e. The van der Waals surface area contributed by atoms with E-state index in [0.717, 1.165) is 0 Å². The first kappa shape index (κ1) is 15.3. The second-order valence-electron chi connectivity index (χ2n) is 3.25. The molecule has 0 saturated heterocycles. The zero-order valence-electron chi connectivity index (χ0n) is 10.3. The lowest BCUT2D eigenvalue weighted by Gasteiger charge is -2.07. The second kappa shape index (κ2) is 7.67. The number of hydrazone groups is 2. The quantitative estimate of drug-likeness (QED) is 0.281. The number of ether oxygens (including phenoxy) is 1. The molecule has 0 aliphatic carbocycles. The van der Waals surface area contributed by atoms with Crippen molar-refractivity contribution in [1.29, 1.82) is 0 Å². The summed E-state index contributed by atoms with van der Waals surface area (Å²) in [6.07, 6.45) is 2.82. The summed E-state index contributed by atoms with van der Waals surface area (Å²) in [5, 5.41) is 7.69. The van der Waals surface area contributed by atoms with Crippen LogP contribution in [-0.2, 0) is 4.74 Å². The van der Waals surface area contributed by atoms with Crippen molar-refractivity contribution >= 4 is 47.0 Å². The summed E-state index contributed by atoms with van der Waals surface area (Å²) in [5.41, 5.74) is 2.59. The van der Waals surface area contributed by atoms with Crippen molar-refractivity contribution in [1.82, 2.24) is 3.22 Å². The number of carbonyl (C=O) groups excluding carboxylic acids is 1. The zero-order valence-corrected chi connectivity index (χ0v) is 12.5. The van der Waals surface area contributed by atoms with E-state index in [9.17, 15) is 9.18 Å². The molecule has 1 rings (SSSR count). The van der Waals surface area contributed by atoms with Gasteiger partial charge in [-0.3, -0.25) is 5.43 Å². The number of halogens is 2. The number of rotatable bonds is 5. The van der Waals surface area contributed by atoms with Crippen molar-refractivity contribution < 1.29 is 13.9 Å². The molecule has 0 aliphatic rings. The average molecular weight is 378 g/mol. The summed E-state index contributed by atoms with van der Waals surface area (Å²) >= 11 is 1.97. The molecule has 0 bridgehead atoms. The molecule has 1 aromatic rings. The number of carbonyl (C=O) groups is 1. The molecule has 0 unspecified atom stereocenters. The lowest BCUT2D eigenvalue weighted by molar-refractivity contribution is 0.0596. The Morgan fingerprint density at radius 2 is 2.26 bits per heavy atom. The van der Waals surface area contributed by atoms with Crippen LogP contribution in [0.5, 0.6) is 0 Å². The second-order valence-corrected chi connectivity index (χ2v) is 4.65. The molecule has 19 heavy (non-hydrogen) atoms. The highest BCUT2D eigenvalue weighted by Gasteiger charge is 2.16. The number of nitrogens with zero attached hydrogens (tertiary/aromatic N) is 3. The number of nitrogens with one attached hydrogen (secondary N) is 1. The molecule has 0 aliphatic heterocycles. The normalized spacial score (nSPS) is 10.9.